The van der Waals surface area contributed by atoms with Crippen LogP contribution in [0.5, 0.6) is 0 Å². The lowest BCUT2D eigenvalue weighted by Gasteiger charge is -2.21. The number of nitrogens with zero attached hydrogens (tertiary/aromatic N) is 2. The highest BCUT2D eigenvalue weighted by molar-refractivity contribution is 7.90. The van der Waals surface area contributed by atoms with Crippen LogP contribution in [0.3, 0.4) is 0 Å². The van der Waals surface area contributed by atoms with Crippen molar-refractivity contribution in [2.75, 3.05) is 14.1 Å². The first-order valence-electron chi connectivity index (χ1n) is 4.32. The van der Waals surface area contributed by atoms with Crippen LogP contribution in [0, 0.1) is 0 Å². The van der Waals surface area contributed by atoms with Gasteiger partial charge in [-0.25, -0.2) is 5.01 Å². The first-order valence-corrected chi connectivity index (χ1v) is 5.76. The number of fused-ring (bicyclic) bond motifs is 1. The van der Waals surface area contributed by atoms with E-state index in [1.807, 2.05) is 0 Å². The van der Waals surface area contributed by atoms with Crippen molar-refractivity contribution >= 4 is 15.9 Å². The maximum absolute atomic E-state index is 11.9. The summed E-state index contributed by atoms with van der Waals surface area (Å²) in [6, 6.07) is 6.19. The molecule has 1 amide bonds. The molecule has 1 aromatic carbocycles. The smallest absolute Gasteiger partial charge is 0.266 e. The summed E-state index contributed by atoms with van der Waals surface area (Å²) in [7, 11) is -0.655. The Morgan fingerprint density at radius 3 is 2.33 bits per heavy atom. The van der Waals surface area contributed by atoms with Crippen LogP contribution in [0.25, 0.3) is 0 Å². The van der Waals surface area contributed by atoms with Crippen LogP contribution in [-0.4, -0.2) is 37.8 Å². The summed E-state index contributed by atoms with van der Waals surface area (Å²) < 4.78 is 24.6. The molecule has 15 heavy (non-hydrogen) atoms. The molecule has 1 aliphatic heterocycles. The number of hydrogen-bond donors (Lipinski definition) is 0. The third kappa shape index (κ3) is 1.25. The monoisotopic (exact) mass is 226 g/mol. The third-order valence-electron chi connectivity index (χ3n) is 2.16. The number of rotatable bonds is 1. The zero-order valence-electron chi connectivity index (χ0n) is 8.34. The van der Waals surface area contributed by atoms with Gasteiger partial charge in [0.05, 0.1) is 5.56 Å². The van der Waals surface area contributed by atoms with E-state index in [0.717, 1.165) is 4.41 Å². The molecule has 1 aliphatic rings. The van der Waals surface area contributed by atoms with Gasteiger partial charge in [-0.15, -0.1) is 0 Å². The number of hydrazine groups is 1. The predicted octanol–water partition coefficient (Wildman–Crippen LogP) is 0.308. The molecule has 0 saturated heterocycles. The Morgan fingerprint density at radius 2 is 1.80 bits per heavy atom. The van der Waals surface area contributed by atoms with Gasteiger partial charge >= 0.3 is 0 Å². The van der Waals surface area contributed by atoms with Gasteiger partial charge in [0.1, 0.15) is 4.90 Å². The van der Waals surface area contributed by atoms with Gasteiger partial charge < -0.3 is 0 Å². The maximum Gasteiger partial charge on any atom is 0.283 e. The highest BCUT2D eigenvalue weighted by atomic mass is 32.2. The third-order valence-corrected chi connectivity index (χ3v) is 4.02. The average Bonchev–Trinajstić information content (AvgIpc) is 2.36. The Bertz CT molecular complexity index is 522. The largest absolute Gasteiger partial charge is 0.283 e. The Labute approximate surface area is 87.9 Å². The molecule has 6 heteroatoms. The van der Waals surface area contributed by atoms with Gasteiger partial charge in [0, 0.05) is 14.1 Å². The van der Waals surface area contributed by atoms with Gasteiger partial charge in [-0.2, -0.15) is 12.8 Å². The molecule has 2 rings (SSSR count). The second-order valence-corrected chi connectivity index (χ2v) is 5.13. The molecule has 80 valence electrons. The Balaban J connectivity index is 2.71. The fourth-order valence-electron chi connectivity index (χ4n) is 1.57. The molecule has 0 bridgehead atoms. The zero-order chi connectivity index (χ0) is 11.2. The molecule has 0 fully saturated rings. The second-order valence-electron chi connectivity index (χ2n) is 3.40. The van der Waals surface area contributed by atoms with Crippen LogP contribution in [0.15, 0.2) is 29.2 Å². The van der Waals surface area contributed by atoms with Crippen molar-refractivity contribution in [1.29, 1.82) is 0 Å². The molecule has 5 nitrogen and oxygen atoms in total. The van der Waals surface area contributed by atoms with Crippen molar-refractivity contribution in [3.05, 3.63) is 29.8 Å². The van der Waals surface area contributed by atoms with Crippen molar-refractivity contribution in [3.8, 4) is 0 Å². The topological polar surface area (TPSA) is 57.7 Å². The number of carbonyl (C=O) groups excluding carboxylic acids is 1. The normalized spacial score (nSPS) is 18.3. The molecule has 0 atom stereocenters. The van der Waals surface area contributed by atoms with E-state index < -0.39 is 15.9 Å². The molecular formula is C9H10N2O3S. The average molecular weight is 226 g/mol. The molecule has 0 N–H and O–H groups in total. The van der Waals surface area contributed by atoms with Gasteiger partial charge in [0.2, 0.25) is 0 Å². The molecule has 0 spiro atoms. The Morgan fingerprint density at radius 1 is 1.20 bits per heavy atom. The lowest BCUT2D eigenvalue weighted by atomic mass is 10.2. The van der Waals surface area contributed by atoms with Gasteiger partial charge in [-0.05, 0) is 12.1 Å². The predicted molar refractivity (Wildman–Crippen MR) is 53.5 cm³/mol. The zero-order valence-corrected chi connectivity index (χ0v) is 9.15. The van der Waals surface area contributed by atoms with Crippen LogP contribution in [0.4, 0.5) is 0 Å². The Hall–Kier alpha value is -1.40. The van der Waals surface area contributed by atoms with Crippen LogP contribution in [0.1, 0.15) is 10.4 Å². The standard InChI is InChI=1S/C9H10N2O3S/c1-10(2)11-9(12)7-5-3-4-6-8(7)15(11,13)14/h3-6H,1-2H3. The molecule has 1 aromatic rings. The number of sulfonamides is 1. The minimum Gasteiger partial charge on any atom is -0.266 e. The first-order chi connectivity index (χ1) is 6.96. The summed E-state index contributed by atoms with van der Waals surface area (Å²) in [5.74, 6) is -0.504. The Kier molecular flexibility index (Phi) is 2.06. The maximum atomic E-state index is 11.9. The second kappa shape index (κ2) is 3.04. The molecule has 0 radical (unpaired) electrons. The summed E-state index contributed by atoms with van der Waals surface area (Å²) >= 11 is 0. The van der Waals surface area contributed by atoms with Crippen molar-refractivity contribution in [3.63, 3.8) is 0 Å². The summed E-state index contributed by atoms with van der Waals surface area (Å²) in [6.07, 6.45) is 0. The van der Waals surface area contributed by atoms with Gasteiger partial charge in [-0.1, -0.05) is 12.1 Å². The molecule has 0 aromatic heterocycles. The van der Waals surface area contributed by atoms with E-state index in [-0.39, 0.29) is 10.5 Å². The van der Waals surface area contributed by atoms with Crippen molar-refractivity contribution < 1.29 is 13.2 Å². The van der Waals surface area contributed by atoms with E-state index in [0.29, 0.717) is 0 Å². The molecular weight excluding hydrogens is 216 g/mol. The van der Waals surface area contributed by atoms with E-state index >= 15 is 0 Å². The minimum absolute atomic E-state index is 0.0729. The summed E-state index contributed by atoms with van der Waals surface area (Å²) in [6.45, 7) is 0. The molecule has 0 unspecified atom stereocenters. The van der Waals surface area contributed by atoms with Crippen LogP contribution >= 0.6 is 0 Å². The van der Waals surface area contributed by atoms with Gasteiger partial charge in [0.25, 0.3) is 15.9 Å². The summed E-state index contributed by atoms with van der Waals surface area (Å²) in [4.78, 5) is 11.8. The van der Waals surface area contributed by atoms with Gasteiger partial charge in [-0.3, -0.25) is 4.79 Å². The van der Waals surface area contributed by atoms with E-state index in [9.17, 15) is 13.2 Å². The number of amides is 1. The fraction of sp³-hybridized carbons (Fsp3) is 0.222. The minimum atomic E-state index is -3.69. The lowest BCUT2D eigenvalue weighted by molar-refractivity contribution is 0.0605. The SMILES string of the molecule is CN(C)N1C(=O)c2ccccc2S1(=O)=O. The number of carbonyl (C=O) groups is 1. The van der Waals surface area contributed by atoms with Crippen molar-refractivity contribution in [2.45, 2.75) is 4.90 Å². The summed E-state index contributed by atoms with van der Waals surface area (Å²) in [5, 5.41) is 1.26. The molecule has 0 saturated carbocycles. The fourth-order valence-corrected chi connectivity index (χ4v) is 3.19. The lowest BCUT2D eigenvalue weighted by Crippen LogP contribution is -2.41. The highest BCUT2D eigenvalue weighted by Crippen LogP contribution is 2.29. The number of benzene rings is 1. The van der Waals surface area contributed by atoms with Crippen LogP contribution in [0.2, 0.25) is 0 Å². The van der Waals surface area contributed by atoms with E-state index in [2.05, 4.69) is 0 Å². The quantitative estimate of drug-likeness (QED) is 0.691. The van der Waals surface area contributed by atoms with E-state index in [1.54, 1.807) is 12.1 Å². The summed E-state index contributed by atoms with van der Waals surface area (Å²) in [5.41, 5.74) is 0.228. The van der Waals surface area contributed by atoms with E-state index in [1.165, 1.54) is 31.2 Å². The van der Waals surface area contributed by atoms with Crippen molar-refractivity contribution in [1.82, 2.24) is 9.42 Å². The first kappa shape index (κ1) is 10.1. The highest BCUT2D eigenvalue weighted by Gasteiger charge is 2.42. The van der Waals surface area contributed by atoms with Crippen LogP contribution < -0.4 is 0 Å². The molecule has 1 heterocycles. The van der Waals surface area contributed by atoms with Gasteiger partial charge in [0.15, 0.2) is 0 Å². The number of hydrogen-bond acceptors (Lipinski definition) is 4. The van der Waals surface area contributed by atoms with E-state index in [4.69, 9.17) is 0 Å². The molecule has 0 aliphatic carbocycles. The van der Waals surface area contributed by atoms with Crippen molar-refractivity contribution in [2.24, 2.45) is 0 Å². The van der Waals surface area contributed by atoms with Crippen LogP contribution in [-0.2, 0) is 10.0 Å².